The Hall–Kier alpha value is -2.22. The highest BCUT2D eigenvalue weighted by Gasteiger charge is 2.30. The number of thiazole rings is 1. The maximum absolute atomic E-state index is 11.3. The minimum Gasteiger partial charge on any atom is -0.480 e. The van der Waals surface area contributed by atoms with E-state index in [4.69, 9.17) is 0 Å². The molecule has 0 amide bonds. The summed E-state index contributed by atoms with van der Waals surface area (Å²) in [6.45, 7) is 0.652. The summed E-state index contributed by atoms with van der Waals surface area (Å²) in [6, 6.07) is 3.97. The van der Waals surface area contributed by atoms with E-state index < -0.39 is 16.9 Å². The van der Waals surface area contributed by atoms with Crippen molar-refractivity contribution in [2.45, 2.75) is 25.3 Å². The molecule has 1 aromatic carbocycles. The van der Waals surface area contributed by atoms with E-state index in [2.05, 4.69) is 4.98 Å². The average Bonchev–Trinajstić information content (AvgIpc) is 2.89. The van der Waals surface area contributed by atoms with Crippen LogP contribution in [0.1, 0.15) is 19.3 Å². The minimum atomic E-state index is -0.847. The molecule has 2 aromatic rings. The molecule has 0 aliphatic carbocycles. The lowest BCUT2D eigenvalue weighted by atomic mass is 10.0. The molecule has 0 saturated carbocycles. The number of nitrogens with zero attached hydrogens (tertiary/aromatic N) is 3. The van der Waals surface area contributed by atoms with Crippen LogP contribution in [0, 0.1) is 10.1 Å². The van der Waals surface area contributed by atoms with Crippen molar-refractivity contribution in [2.75, 3.05) is 11.4 Å². The van der Waals surface area contributed by atoms with E-state index >= 15 is 0 Å². The number of carboxylic acids is 1. The summed E-state index contributed by atoms with van der Waals surface area (Å²) in [5.41, 5.74) is 0.534. The second-order valence-corrected chi connectivity index (χ2v) is 5.96. The number of carbonyl (C=O) groups is 1. The number of rotatable bonds is 3. The Balaban J connectivity index is 1.99. The van der Waals surface area contributed by atoms with Crippen molar-refractivity contribution in [1.29, 1.82) is 0 Å². The van der Waals surface area contributed by atoms with Crippen molar-refractivity contribution < 1.29 is 14.8 Å². The monoisotopic (exact) mass is 307 g/mol. The van der Waals surface area contributed by atoms with Gasteiger partial charge in [-0.05, 0) is 25.3 Å². The summed E-state index contributed by atoms with van der Waals surface area (Å²) in [6.07, 6.45) is 2.43. The quantitative estimate of drug-likeness (QED) is 0.691. The molecular weight excluding hydrogens is 294 g/mol. The molecule has 110 valence electrons. The van der Waals surface area contributed by atoms with E-state index in [9.17, 15) is 20.0 Å². The number of nitro benzene ring substituents is 1. The first-order chi connectivity index (χ1) is 10.1. The van der Waals surface area contributed by atoms with Gasteiger partial charge in [-0.1, -0.05) is 11.3 Å². The SMILES string of the molecule is O=C(O)[C@@H]1CCCCN1c1nc2cc([N+](=O)[O-])ccc2s1. The summed E-state index contributed by atoms with van der Waals surface area (Å²) in [5, 5.41) is 20.7. The average molecular weight is 307 g/mol. The molecule has 0 radical (unpaired) electrons. The van der Waals surface area contributed by atoms with Crippen LogP contribution in [0.15, 0.2) is 18.2 Å². The number of piperidine rings is 1. The van der Waals surface area contributed by atoms with Gasteiger partial charge in [-0.15, -0.1) is 0 Å². The number of anilines is 1. The van der Waals surface area contributed by atoms with Crippen molar-refractivity contribution in [1.82, 2.24) is 4.98 Å². The summed E-state index contributed by atoms with van der Waals surface area (Å²) < 4.78 is 0.824. The molecule has 7 nitrogen and oxygen atoms in total. The van der Waals surface area contributed by atoms with Crippen LogP contribution in [0.4, 0.5) is 10.8 Å². The summed E-state index contributed by atoms with van der Waals surface area (Å²) in [4.78, 5) is 27.9. The van der Waals surface area contributed by atoms with Crippen molar-refractivity contribution in [3.63, 3.8) is 0 Å². The molecule has 1 N–H and O–H groups in total. The number of nitro groups is 1. The van der Waals surface area contributed by atoms with Gasteiger partial charge >= 0.3 is 5.97 Å². The fraction of sp³-hybridized carbons (Fsp3) is 0.385. The number of hydrogen-bond acceptors (Lipinski definition) is 6. The van der Waals surface area contributed by atoms with E-state index in [1.807, 2.05) is 0 Å². The fourth-order valence-corrected chi connectivity index (χ4v) is 3.58. The molecule has 1 fully saturated rings. The van der Waals surface area contributed by atoms with Crippen LogP contribution in [-0.4, -0.2) is 33.6 Å². The van der Waals surface area contributed by atoms with Gasteiger partial charge in [0.05, 0.1) is 15.1 Å². The third kappa shape index (κ3) is 2.54. The molecule has 0 unspecified atom stereocenters. The first-order valence-electron chi connectivity index (χ1n) is 6.60. The maximum Gasteiger partial charge on any atom is 0.326 e. The zero-order chi connectivity index (χ0) is 15.0. The topological polar surface area (TPSA) is 96.6 Å². The van der Waals surface area contributed by atoms with Gasteiger partial charge in [-0.3, -0.25) is 10.1 Å². The summed E-state index contributed by atoms with van der Waals surface area (Å²) in [5.74, 6) is -0.847. The molecule has 1 saturated heterocycles. The van der Waals surface area contributed by atoms with Crippen LogP contribution in [0.3, 0.4) is 0 Å². The van der Waals surface area contributed by atoms with Crippen molar-refractivity contribution in [3.8, 4) is 0 Å². The third-order valence-corrected chi connectivity index (χ3v) is 4.68. The molecule has 8 heteroatoms. The van der Waals surface area contributed by atoms with E-state index in [-0.39, 0.29) is 5.69 Å². The number of aromatic nitrogens is 1. The smallest absolute Gasteiger partial charge is 0.326 e. The standard InChI is InChI=1S/C13H13N3O4S/c17-12(18)10-3-1-2-6-15(10)13-14-9-7-8(16(19)20)4-5-11(9)21-13/h4-5,7,10H,1-3,6H2,(H,17,18)/t10-/m0/s1. The maximum atomic E-state index is 11.3. The molecule has 3 rings (SSSR count). The number of benzene rings is 1. The number of fused-ring (bicyclic) bond motifs is 1. The van der Waals surface area contributed by atoms with E-state index in [0.29, 0.717) is 23.6 Å². The van der Waals surface area contributed by atoms with Gasteiger partial charge in [0.15, 0.2) is 5.13 Å². The van der Waals surface area contributed by atoms with Crippen molar-refractivity contribution in [2.24, 2.45) is 0 Å². The molecular formula is C13H13N3O4S. The predicted molar refractivity (Wildman–Crippen MR) is 78.9 cm³/mol. The summed E-state index contributed by atoms with van der Waals surface area (Å²) >= 11 is 1.37. The van der Waals surface area contributed by atoms with Gasteiger partial charge in [-0.25, -0.2) is 9.78 Å². The van der Waals surface area contributed by atoms with Gasteiger partial charge in [-0.2, -0.15) is 0 Å². The first-order valence-corrected chi connectivity index (χ1v) is 7.42. The first kappa shape index (κ1) is 13.7. The third-order valence-electron chi connectivity index (χ3n) is 3.60. The van der Waals surface area contributed by atoms with E-state index in [1.165, 1.54) is 23.5 Å². The lowest BCUT2D eigenvalue weighted by molar-refractivity contribution is -0.384. The van der Waals surface area contributed by atoms with Crippen LogP contribution in [0.5, 0.6) is 0 Å². The molecule has 21 heavy (non-hydrogen) atoms. The predicted octanol–water partition coefficient (Wildman–Crippen LogP) is 2.65. The van der Waals surface area contributed by atoms with Gasteiger partial charge in [0.25, 0.3) is 5.69 Å². The highest BCUT2D eigenvalue weighted by atomic mass is 32.1. The molecule has 1 aliphatic heterocycles. The molecule has 0 bridgehead atoms. The summed E-state index contributed by atoms with van der Waals surface area (Å²) in [7, 11) is 0. The second-order valence-electron chi connectivity index (χ2n) is 4.95. The zero-order valence-electron chi connectivity index (χ0n) is 11.1. The second kappa shape index (κ2) is 5.28. The van der Waals surface area contributed by atoms with Crippen LogP contribution in [-0.2, 0) is 4.79 Å². The van der Waals surface area contributed by atoms with Crippen LogP contribution in [0.25, 0.3) is 10.2 Å². The lowest BCUT2D eigenvalue weighted by Crippen LogP contribution is -2.44. The fourth-order valence-electron chi connectivity index (χ4n) is 2.56. The Morgan fingerprint density at radius 3 is 3.00 bits per heavy atom. The van der Waals surface area contributed by atoms with Gasteiger partial charge < -0.3 is 10.0 Å². The highest BCUT2D eigenvalue weighted by Crippen LogP contribution is 2.34. The van der Waals surface area contributed by atoms with Gasteiger partial charge in [0.2, 0.25) is 0 Å². The van der Waals surface area contributed by atoms with Crippen molar-refractivity contribution >= 4 is 38.3 Å². The Labute approximate surface area is 124 Å². The Kier molecular flexibility index (Phi) is 3.46. The zero-order valence-corrected chi connectivity index (χ0v) is 11.9. The number of aliphatic carboxylic acids is 1. The Morgan fingerprint density at radius 1 is 1.48 bits per heavy atom. The van der Waals surface area contributed by atoms with Crippen LogP contribution < -0.4 is 4.90 Å². The lowest BCUT2D eigenvalue weighted by Gasteiger charge is -2.32. The highest BCUT2D eigenvalue weighted by molar-refractivity contribution is 7.22. The van der Waals surface area contributed by atoms with Gasteiger partial charge in [0, 0.05) is 18.7 Å². The van der Waals surface area contributed by atoms with Gasteiger partial charge in [0.1, 0.15) is 6.04 Å². The van der Waals surface area contributed by atoms with Crippen LogP contribution >= 0.6 is 11.3 Å². The van der Waals surface area contributed by atoms with Crippen LogP contribution in [0.2, 0.25) is 0 Å². The largest absolute Gasteiger partial charge is 0.480 e. The number of hydrogen-bond donors (Lipinski definition) is 1. The molecule has 1 atom stereocenters. The molecule has 0 spiro atoms. The molecule has 2 heterocycles. The Bertz CT molecular complexity index is 715. The number of non-ortho nitro benzene ring substituents is 1. The van der Waals surface area contributed by atoms with E-state index in [0.717, 1.165) is 17.5 Å². The number of carboxylic acid groups (broad SMARTS) is 1. The Morgan fingerprint density at radius 2 is 2.29 bits per heavy atom. The van der Waals surface area contributed by atoms with E-state index in [1.54, 1.807) is 11.0 Å². The normalized spacial score (nSPS) is 18.9. The van der Waals surface area contributed by atoms with Crippen molar-refractivity contribution in [3.05, 3.63) is 28.3 Å². The minimum absolute atomic E-state index is 0.00669. The molecule has 1 aliphatic rings. The molecule has 1 aromatic heterocycles.